The van der Waals surface area contributed by atoms with Crippen molar-refractivity contribution in [2.45, 2.75) is 26.3 Å². The number of aryl methyl sites for hydroxylation is 1. The van der Waals surface area contributed by atoms with Crippen LogP contribution in [0.2, 0.25) is 0 Å². The molecule has 0 saturated carbocycles. The quantitative estimate of drug-likeness (QED) is 0.696. The van der Waals surface area contributed by atoms with Gasteiger partial charge in [-0.05, 0) is 34.9 Å². The molecule has 0 bridgehead atoms. The maximum Gasteiger partial charge on any atom is 0.168 e. The van der Waals surface area contributed by atoms with Crippen molar-refractivity contribution >= 4 is 11.6 Å². The standard InChI is InChI=1S/C10H21N5/c1-7-13-8(11)9(14-7)12-6-10(2,3)15(4)5/h12H,6,11H2,1-5H3,(H,13,14). The second-order valence-electron chi connectivity index (χ2n) is 4.64. The molecule has 0 aliphatic heterocycles. The van der Waals surface area contributed by atoms with E-state index in [0.29, 0.717) is 5.82 Å². The molecule has 0 radical (unpaired) electrons. The van der Waals surface area contributed by atoms with Gasteiger partial charge in [0.15, 0.2) is 5.82 Å². The zero-order valence-corrected chi connectivity index (χ0v) is 10.2. The minimum Gasteiger partial charge on any atom is -0.382 e. The third kappa shape index (κ3) is 2.86. The Morgan fingerprint density at radius 3 is 2.47 bits per heavy atom. The number of nitrogens with zero attached hydrogens (tertiary/aromatic N) is 2. The van der Waals surface area contributed by atoms with Gasteiger partial charge in [0.2, 0.25) is 0 Å². The van der Waals surface area contributed by atoms with Gasteiger partial charge in [-0.3, -0.25) is 0 Å². The molecular formula is C10H21N5. The van der Waals surface area contributed by atoms with E-state index in [4.69, 9.17) is 5.73 Å². The number of hydrogen-bond acceptors (Lipinski definition) is 4. The molecule has 0 atom stereocenters. The summed E-state index contributed by atoms with van der Waals surface area (Å²) in [6, 6.07) is 0. The molecule has 1 heterocycles. The fourth-order valence-corrected chi connectivity index (χ4v) is 1.10. The van der Waals surface area contributed by atoms with Gasteiger partial charge in [0.05, 0.1) is 0 Å². The van der Waals surface area contributed by atoms with Gasteiger partial charge in [0.1, 0.15) is 11.6 Å². The molecule has 5 heteroatoms. The van der Waals surface area contributed by atoms with Gasteiger partial charge in [0.25, 0.3) is 0 Å². The van der Waals surface area contributed by atoms with Crippen molar-refractivity contribution in [3.63, 3.8) is 0 Å². The molecule has 1 rings (SSSR count). The molecule has 0 fully saturated rings. The highest BCUT2D eigenvalue weighted by atomic mass is 15.2. The summed E-state index contributed by atoms with van der Waals surface area (Å²) >= 11 is 0. The van der Waals surface area contributed by atoms with Gasteiger partial charge >= 0.3 is 0 Å². The van der Waals surface area contributed by atoms with Crippen LogP contribution in [0.25, 0.3) is 0 Å². The summed E-state index contributed by atoms with van der Waals surface area (Å²) in [6.45, 7) is 7.01. The number of aromatic nitrogens is 2. The summed E-state index contributed by atoms with van der Waals surface area (Å²) in [4.78, 5) is 9.39. The van der Waals surface area contributed by atoms with Crippen LogP contribution in [0.4, 0.5) is 11.6 Å². The molecule has 4 N–H and O–H groups in total. The predicted octanol–water partition coefficient (Wildman–Crippen LogP) is 1.05. The summed E-state index contributed by atoms with van der Waals surface area (Å²) in [5.74, 6) is 2.17. The van der Waals surface area contributed by atoms with Crippen molar-refractivity contribution in [1.82, 2.24) is 14.9 Å². The molecule has 5 nitrogen and oxygen atoms in total. The monoisotopic (exact) mass is 211 g/mol. The lowest BCUT2D eigenvalue weighted by Gasteiger charge is -2.32. The molecule has 0 aromatic carbocycles. The van der Waals surface area contributed by atoms with Crippen LogP contribution in [-0.2, 0) is 0 Å². The summed E-state index contributed by atoms with van der Waals surface area (Å²) in [6.07, 6.45) is 0. The molecule has 86 valence electrons. The lowest BCUT2D eigenvalue weighted by atomic mass is 10.0. The zero-order chi connectivity index (χ0) is 11.6. The van der Waals surface area contributed by atoms with Crippen LogP contribution >= 0.6 is 0 Å². The highest BCUT2D eigenvalue weighted by Gasteiger charge is 2.20. The highest BCUT2D eigenvalue weighted by Crippen LogP contribution is 2.16. The molecular weight excluding hydrogens is 190 g/mol. The number of nitrogens with one attached hydrogen (secondary N) is 2. The molecule has 1 aromatic rings. The molecule has 0 unspecified atom stereocenters. The molecule has 0 aliphatic rings. The van der Waals surface area contributed by atoms with Crippen molar-refractivity contribution < 1.29 is 0 Å². The van der Waals surface area contributed by atoms with E-state index in [0.717, 1.165) is 18.2 Å². The first-order valence-electron chi connectivity index (χ1n) is 5.06. The van der Waals surface area contributed by atoms with Crippen LogP contribution in [0.3, 0.4) is 0 Å². The summed E-state index contributed by atoms with van der Waals surface area (Å²) in [7, 11) is 4.11. The van der Waals surface area contributed by atoms with Crippen LogP contribution in [0, 0.1) is 6.92 Å². The van der Waals surface area contributed by atoms with E-state index in [1.165, 1.54) is 0 Å². The van der Waals surface area contributed by atoms with Crippen molar-refractivity contribution in [3.05, 3.63) is 5.82 Å². The minimum absolute atomic E-state index is 0.0687. The Labute approximate surface area is 91.1 Å². The van der Waals surface area contributed by atoms with E-state index in [-0.39, 0.29) is 5.54 Å². The molecule has 15 heavy (non-hydrogen) atoms. The minimum atomic E-state index is 0.0687. The maximum absolute atomic E-state index is 5.75. The van der Waals surface area contributed by atoms with E-state index in [1.54, 1.807) is 0 Å². The van der Waals surface area contributed by atoms with Crippen LogP contribution in [0.1, 0.15) is 19.7 Å². The molecule has 1 aromatic heterocycles. The first kappa shape index (κ1) is 11.8. The molecule has 0 saturated heterocycles. The second kappa shape index (κ2) is 4.10. The fraction of sp³-hybridized carbons (Fsp3) is 0.700. The zero-order valence-electron chi connectivity index (χ0n) is 10.2. The normalized spacial score (nSPS) is 12.1. The summed E-state index contributed by atoms with van der Waals surface area (Å²) in [5.41, 5.74) is 5.82. The summed E-state index contributed by atoms with van der Waals surface area (Å²) in [5, 5.41) is 3.25. The smallest absolute Gasteiger partial charge is 0.168 e. The van der Waals surface area contributed by atoms with Crippen LogP contribution in [-0.4, -0.2) is 41.0 Å². The van der Waals surface area contributed by atoms with Gasteiger partial charge < -0.3 is 20.9 Å². The topological polar surface area (TPSA) is 70.0 Å². The number of nitrogens with two attached hydrogens (primary N) is 1. The van der Waals surface area contributed by atoms with E-state index in [9.17, 15) is 0 Å². The molecule has 0 amide bonds. The lowest BCUT2D eigenvalue weighted by molar-refractivity contribution is 0.210. The average Bonchev–Trinajstić information content (AvgIpc) is 2.41. The van der Waals surface area contributed by atoms with Gasteiger partial charge in [-0.15, -0.1) is 0 Å². The molecule has 0 aliphatic carbocycles. The van der Waals surface area contributed by atoms with Crippen molar-refractivity contribution in [2.24, 2.45) is 0 Å². The van der Waals surface area contributed by atoms with Crippen LogP contribution < -0.4 is 11.1 Å². The number of aromatic amines is 1. The number of H-pyrrole nitrogens is 1. The first-order chi connectivity index (χ1) is 6.83. The predicted molar refractivity (Wildman–Crippen MR) is 64.0 cm³/mol. The maximum atomic E-state index is 5.75. The Hall–Kier alpha value is -1.23. The molecule has 0 spiro atoms. The van der Waals surface area contributed by atoms with E-state index < -0.39 is 0 Å². The Balaban J connectivity index is 2.61. The fourth-order valence-electron chi connectivity index (χ4n) is 1.10. The first-order valence-corrected chi connectivity index (χ1v) is 5.06. The largest absolute Gasteiger partial charge is 0.382 e. The van der Waals surface area contributed by atoms with Gasteiger partial charge in [0, 0.05) is 12.1 Å². The van der Waals surface area contributed by atoms with Crippen molar-refractivity contribution in [3.8, 4) is 0 Å². The van der Waals surface area contributed by atoms with Crippen molar-refractivity contribution in [1.29, 1.82) is 0 Å². The Bertz CT molecular complexity index is 327. The van der Waals surface area contributed by atoms with E-state index in [1.807, 2.05) is 6.92 Å². The highest BCUT2D eigenvalue weighted by molar-refractivity contribution is 5.57. The van der Waals surface area contributed by atoms with Gasteiger partial charge in [-0.2, -0.15) is 0 Å². The third-order valence-electron chi connectivity index (χ3n) is 2.75. The lowest BCUT2D eigenvalue weighted by Crippen LogP contribution is -2.44. The Morgan fingerprint density at radius 2 is 2.07 bits per heavy atom. The number of imidazole rings is 1. The van der Waals surface area contributed by atoms with Crippen LogP contribution in [0.15, 0.2) is 0 Å². The van der Waals surface area contributed by atoms with Crippen molar-refractivity contribution in [2.75, 3.05) is 31.7 Å². The number of nitrogen functional groups attached to an aromatic ring is 1. The van der Waals surface area contributed by atoms with Gasteiger partial charge in [-0.1, -0.05) is 0 Å². The number of rotatable bonds is 4. The summed E-state index contributed by atoms with van der Waals surface area (Å²) < 4.78 is 0. The van der Waals surface area contributed by atoms with E-state index in [2.05, 4.69) is 48.1 Å². The number of hydrogen-bond donors (Lipinski definition) is 3. The third-order valence-corrected chi connectivity index (χ3v) is 2.75. The second-order valence-corrected chi connectivity index (χ2v) is 4.64. The van der Waals surface area contributed by atoms with E-state index >= 15 is 0 Å². The van der Waals surface area contributed by atoms with Gasteiger partial charge in [-0.25, -0.2) is 4.98 Å². The number of likely N-dealkylation sites (N-methyl/N-ethyl adjacent to an activating group) is 1. The van der Waals surface area contributed by atoms with Crippen LogP contribution in [0.5, 0.6) is 0 Å². The average molecular weight is 211 g/mol. The Kier molecular flexibility index (Phi) is 3.24. The Morgan fingerprint density at radius 1 is 1.47 bits per heavy atom. The SMILES string of the molecule is Cc1nc(NCC(C)(C)N(C)C)c(N)[nH]1. The number of anilines is 2.